The van der Waals surface area contributed by atoms with Gasteiger partial charge in [0.15, 0.2) is 0 Å². The molecule has 8 nitrogen and oxygen atoms in total. The van der Waals surface area contributed by atoms with E-state index in [-0.39, 0.29) is 12.0 Å². The SMILES string of the molecule is CNc1nccnc1C1CN(C(=O)CCCn2nc(C)cc2C)CCO1. The number of ether oxygens (including phenoxy) is 1. The molecule has 0 radical (unpaired) electrons. The predicted octanol–water partition coefficient (Wildman–Crippen LogP) is 1.71. The van der Waals surface area contributed by atoms with E-state index >= 15 is 0 Å². The highest BCUT2D eigenvalue weighted by molar-refractivity contribution is 5.76. The number of hydrogen-bond acceptors (Lipinski definition) is 6. The summed E-state index contributed by atoms with van der Waals surface area (Å²) in [6.07, 6.45) is 4.31. The molecule has 0 aromatic carbocycles. The lowest BCUT2D eigenvalue weighted by Gasteiger charge is -2.33. The number of carbonyl (C=O) groups is 1. The molecule has 1 unspecified atom stereocenters. The van der Waals surface area contributed by atoms with Gasteiger partial charge in [0.2, 0.25) is 5.91 Å². The Balaban J connectivity index is 1.55. The van der Waals surface area contributed by atoms with Crippen LogP contribution in [0.15, 0.2) is 18.5 Å². The van der Waals surface area contributed by atoms with E-state index in [1.54, 1.807) is 19.4 Å². The van der Waals surface area contributed by atoms with Gasteiger partial charge in [-0.3, -0.25) is 14.5 Å². The van der Waals surface area contributed by atoms with Crippen LogP contribution in [-0.2, 0) is 16.1 Å². The van der Waals surface area contributed by atoms with Crippen molar-refractivity contribution in [3.8, 4) is 0 Å². The summed E-state index contributed by atoms with van der Waals surface area (Å²) in [5.41, 5.74) is 2.88. The van der Waals surface area contributed by atoms with E-state index < -0.39 is 0 Å². The number of amides is 1. The molecule has 1 aliphatic rings. The monoisotopic (exact) mass is 358 g/mol. The van der Waals surface area contributed by atoms with Gasteiger partial charge in [0, 0.05) is 44.6 Å². The van der Waals surface area contributed by atoms with Crippen LogP contribution in [0.5, 0.6) is 0 Å². The van der Waals surface area contributed by atoms with E-state index in [4.69, 9.17) is 4.74 Å². The van der Waals surface area contributed by atoms with Crippen molar-refractivity contribution >= 4 is 11.7 Å². The zero-order valence-electron chi connectivity index (χ0n) is 15.6. The van der Waals surface area contributed by atoms with Crippen molar-refractivity contribution in [1.82, 2.24) is 24.6 Å². The molecule has 0 saturated carbocycles. The molecule has 1 amide bonds. The van der Waals surface area contributed by atoms with E-state index in [1.807, 2.05) is 23.4 Å². The van der Waals surface area contributed by atoms with Crippen molar-refractivity contribution in [2.75, 3.05) is 32.1 Å². The number of hydrogen-bond donors (Lipinski definition) is 1. The fraction of sp³-hybridized carbons (Fsp3) is 0.556. The molecule has 3 rings (SSSR count). The van der Waals surface area contributed by atoms with Crippen molar-refractivity contribution < 1.29 is 9.53 Å². The lowest BCUT2D eigenvalue weighted by atomic mass is 10.1. The lowest BCUT2D eigenvalue weighted by molar-refractivity contribution is -0.139. The second kappa shape index (κ2) is 8.27. The highest BCUT2D eigenvalue weighted by Crippen LogP contribution is 2.25. The minimum absolute atomic E-state index is 0.148. The first-order chi connectivity index (χ1) is 12.6. The van der Waals surface area contributed by atoms with Crippen molar-refractivity contribution in [2.24, 2.45) is 0 Å². The minimum atomic E-state index is -0.250. The first-order valence-electron chi connectivity index (χ1n) is 8.97. The second-order valence-corrected chi connectivity index (χ2v) is 6.49. The summed E-state index contributed by atoms with van der Waals surface area (Å²) in [7, 11) is 1.80. The Kier molecular flexibility index (Phi) is 5.82. The number of rotatable bonds is 6. The van der Waals surface area contributed by atoms with Gasteiger partial charge in [-0.2, -0.15) is 5.10 Å². The fourth-order valence-electron chi connectivity index (χ4n) is 3.26. The average Bonchev–Trinajstić information content (AvgIpc) is 2.99. The largest absolute Gasteiger partial charge is 0.372 e. The van der Waals surface area contributed by atoms with Crippen molar-refractivity contribution in [3.63, 3.8) is 0 Å². The van der Waals surface area contributed by atoms with Crippen LogP contribution in [-0.4, -0.2) is 57.3 Å². The van der Waals surface area contributed by atoms with E-state index in [0.717, 1.165) is 30.0 Å². The Labute approximate surface area is 153 Å². The molecule has 0 bridgehead atoms. The smallest absolute Gasteiger partial charge is 0.222 e. The predicted molar refractivity (Wildman–Crippen MR) is 97.8 cm³/mol. The summed E-state index contributed by atoms with van der Waals surface area (Å²) in [6.45, 7) is 6.40. The third kappa shape index (κ3) is 4.19. The summed E-state index contributed by atoms with van der Waals surface area (Å²) in [5, 5.41) is 7.47. The Bertz CT molecular complexity index is 760. The summed E-state index contributed by atoms with van der Waals surface area (Å²) in [4.78, 5) is 23.1. The van der Waals surface area contributed by atoms with Crippen molar-refractivity contribution in [1.29, 1.82) is 0 Å². The number of aryl methyl sites for hydroxylation is 3. The van der Waals surface area contributed by atoms with Crippen LogP contribution in [0, 0.1) is 13.8 Å². The van der Waals surface area contributed by atoms with Gasteiger partial charge in [-0.25, -0.2) is 4.98 Å². The van der Waals surface area contributed by atoms with E-state index in [1.165, 1.54) is 0 Å². The Hall–Kier alpha value is -2.48. The van der Waals surface area contributed by atoms with Crippen LogP contribution in [0.2, 0.25) is 0 Å². The van der Waals surface area contributed by atoms with E-state index in [2.05, 4.69) is 26.4 Å². The first-order valence-corrected chi connectivity index (χ1v) is 8.97. The zero-order chi connectivity index (χ0) is 18.5. The molecule has 26 heavy (non-hydrogen) atoms. The topological polar surface area (TPSA) is 85.2 Å². The third-order valence-corrected chi connectivity index (χ3v) is 4.55. The third-order valence-electron chi connectivity index (χ3n) is 4.55. The van der Waals surface area contributed by atoms with Gasteiger partial charge in [0.05, 0.1) is 18.8 Å². The van der Waals surface area contributed by atoms with Gasteiger partial charge in [-0.1, -0.05) is 0 Å². The van der Waals surface area contributed by atoms with Crippen LogP contribution in [0.4, 0.5) is 5.82 Å². The molecule has 2 aromatic rings. The number of nitrogens with zero attached hydrogens (tertiary/aromatic N) is 5. The van der Waals surface area contributed by atoms with Crippen LogP contribution < -0.4 is 5.32 Å². The number of carbonyl (C=O) groups excluding carboxylic acids is 1. The quantitative estimate of drug-likeness (QED) is 0.846. The molecule has 1 atom stereocenters. The van der Waals surface area contributed by atoms with Gasteiger partial charge >= 0.3 is 0 Å². The molecule has 1 aliphatic heterocycles. The second-order valence-electron chi connectivity index (χ2n) is 6.49. The maximum atomic E-state index is 12.6. The maximum absolute atomic E-state index is 12.6. The molecule has 1 N–H and O–H groups in total. The molecule has 3 heterocycles. The maximum Gasteiger partial charge on any atom is 0.222 e. The normalized spacial score (nSPS) is 17.3. The molecule has 1 fully saturated rings. The number of anilines is 1. The summed E-state index contributed by atoms with van der Waals surface area (Å²) in [6, 6.07) is 2.05. The Morgan fingerprint density at radius 1 is 1.35 bits per heavy atom. The van der Waals surface area contributed by atoms with Crippen molar-refractivity contribution in [3.05, 3.63) is 35.5 Å². The number of nitrogens with one attached hydrogen (secondary N) is 1. The summed E-state index contributed by atoms with van der Waals surface area (Å²) < 4.78 is 7.79. The fourth-order valence-corrected chi connectivity index (χ4v) is 3.26. The first kappa shape index (κ1) is 18.3. The summed E-state index contributed by atoms with van der Waals surface area (Å²) in [5.74, 6) is 0.839. The van der Waals surface area contributed by atoms with Gasteiger partial charge in [-0.05, 0) is 26.3 Å². The van der Waals surface area contributed by atoms with Crippen molar-refractivity contribution in [2.45, 2.75) is 39.3 Å². The van der Waals surface area contributed by atoms with Crippen LogP contribution >= 0.6 is 0 Å². The molecule has 0 spiro atoms. The van der Waals surface area contributed by atoms with Crippen LogP contribution in [0.25, 0.3) is 0 Å². The molecular formula is C18H26N6O2. The molecule has 8 heteroatoms. The lowest BCUT2D eigenvalue weighted by Crippen LogP contribution is -2.42. The standard InChI is InChI=1S/C18H26N6O2/c1-13-11-14(2)24(22-13)8-4-5-16(25)23-9-10-26-15(12-23)17-18(19-3)21-7-6-20-17/h6-7,11,15H,4-5,8-10,12H2,1-3H3,(H,19,21). The van der Waals surface area contributed by atoms with Gasteiger partial charge in [0.1, 0.15) is 17.6 Å². The number of morpholine rings is 1. The summed E-state index contributed by atoms with van der Waals surface area (Å²) >= 11 is 0. The zero-order valence-corrected chi connectivity index (χ0v) is 15.6. The average molecular weight is 358 g/mol. The van der Waals surface area contributed by atoms with E-state index in [0.29, 0.717) is 31.9 Å². The molecule has 2 aromatic heterocycles. The van der Waals surface area contributed by atoms with Gasteiger partial charge in [-0.15, -0.1) is 0 Å². The van der Waals surface area contributed by atoms with Crippen LogP contribution in [0.1, 0.15) is 36.0 Å². The minimum Gasteiger partial charge on any atom is -0.372 e. The molecular weight excluding hydrogens is 332 g/mol. The Morgan fingerprint density at radius 2 is 2.15 bits per heavy atom. The molecule has 1 saturated heterocycles. The Morgan fingerprint density at radius 3 is 2.88 bits per heavy atom. The highest BCUT2D eigenvalue weighted by Gasteiger charge is 2.28. The van der Waals surface area contributed by atoms with Crippen LogP contribution in [0.3, 0.4) is 0 Å². The van der Waals surface area contributed by atoms with Gasteiger partial charge in [0.25, 0.3) is 0 Å². The van der Waals surface area contributed by atoms with E-state index in [9.17, 15) is 4.79 Å². The highest BCUT2D eigenvalue weighted by atomic mass is 16.5. The molecule has 140 valence electrons. The molecule has 0 aliphatic carbocycles. The van der Waals surface area contributed by atoms with Gasteiger partial charge < -0.3 is 15.0 Å². The number of aromatic nitrogens is 4.